The van der Waals surface area contributed by atoms with E-state index in [2.05, 4.69) is 21.2 Å². The van der Waals surface area contributed by atoms with E-state index in [0.717, 1.165) is 10.0 Å². The number of amides is 2. The van der Waals surface area contributed by atoms with Gasteiger partial charge in [0.05, 0.1) is 12.6 Å². The largest absolute Gasteiger partial charge is 0.294 e. The van der Waals surface area contributed by atoms with Gasteiger partial charge in [-0.2, -0.15) is 0 Å². The molecule has 0 aliphatic carbocycles. The van der Waals surface area contributed by atoms with Crippen molar-refractivity contribution in [3.63, 3.8) is 0 Å². The summed E-state index contributed by atoms with van der Waals surface area (Å²) in [5.74, 6) is -0.536. The van der Waals surface area contributed by atoms with Gasteiger partial charge in [-0.15, -0.1) is 0 Å². The Kier molecular flexibility index (Phi) is 4.04. The normalized spacial score (nSPS) is 20.9. The fourth-order valence-corrected chi connectivity index (χ4v) is 2.56. The van der Waals surface area contributed by atoms with Crippen molar-refractivity contribution >= 4 is 39.3 Å². The average Bonchev–Trinajstić information content (AvgIpc) is 2.29. The van der Waals surface area contributed by atoms with E-state index in [1.54, 1.807) is 17.9 Å². The van der Waals surface area contributed by atoms with Crippen molar-refractivity contribution in [1.29, 1.82) is 0 Å². The van der Waals surface area contributed by atoms with Gasteiger partial charge in [-0.05, 0) is 24.6 Å². The number of imide groups is 1. The van der Waals surface area contributed by atoms with Crippen LogP contribution in [-0.4, -0.2) is 29.3 Å². The van der Waals surface area contributed by atoms with Crippen LogP contribution < -0.4 is 5.32 Å². The SMILES string of the molecule is CC1C(=O)NC(=O)CN1Cc1ccc(Br)cc1Cl. The van der Waals surface area contributed by atoms with Crippen LogP contribution in [-0.2, 0) is 16.1 Å². The fourth-order valence-electron chi connectivity index (χ4n) is 1.83. The van der Waals surface area contributed by atoms with E-state index in [1.165, 1.54) is 0 Å². The van der Waals surface area contributed by atoms with Gasteiger partial charge in [-0.25, -0.2) is 0 Å². The molecule has 1 aromatic carbocycles. The summed E-state index contributed by atoms with van der Waals surface area (Å²) in [6.07, 6.45) is 0. The monoisotopic (exact) mass is 330 g/mol. The molecular weight excluding hydrogens is 320 g/mol. The number of halogens is 2. The summed E-state index contributed by atoms with van der Waals surface area (Å²) in [5, 5.41) is 2.93. The van der Waals surface area contributed by atoms with Gasteiger partial charge in [0.25, 0.3) is 0 Å². The molecule has 0 bridgehead atoms. The topological polar surface area (TPSA) is 49.4 Å². The maximum Gasteiger partial charge on any atom is 0.243 e. The predicted molar refractivity (Wildman–Crippen MR) is 72.2 cm³/mol. The first-order valence-corrected chi connectivity index (χ1v) is 6.66. The minimum absolute atomic E-state index is 0.208. The van der Waals surface area contributed by atoms with Gasteiger partial charge in [0.1, 0.15) is 0 Å². The Balaban J connectivity index is 2.17. The number of nitrogens with zero attached hydrogens (tertiary/aromatic N) is 1. The summed E-state index contributed by atoms with van der Waals surface area (Å²) in [5.41, 5.74) is 0.897. The van der Waals surface area contributed by atoms with E-state index in [4.69, 9.17) is 11.6 Å². The quantitative estimate of drug-likeness (QED) is 0.843. The molecule has 1 aromatic rings. The highest BCUT2D eigenvalue weighted by atomic mass is 79.9. The summed E-state index contributed by atoms with van der Waals surface area (Å²) >= 11 is 9.46. The summed E-state index contributed by atoms with van der Waals surface area (Å²) < 4.78 is 0.900. The van der Waals surface area contributed by atoms with Gasteiger partial charge in [-0.1, -0.05) is 33.6 Å². The van der Waals surface area contributed by atoms with Gasteiger partial charge < -0.3 is 0 Å². The van der Waals surface area contributed by atoms with Gasteiger partial charge in [0.15, 0.2) is 0 Å². The van der Waals surface area contributed by atoms with E-state index < -0.39 is 0 Å². The van der Waals surface area contributed by atoms with Crippen molar-refractivity contribution in [3.05, 3.63) is 33.3 Å². The number of nitrogens with one attached hydrogen (secondary N) is 1. The third-order valence-corrected chi connectivity index (χ3v) is 3.77. The van der Waals surface area contributed by atoms with Crippen molar-refractivity contribution in [2.45, 2.75) is 19.5 Å². The van der Waals surface area contributed by atoms with E-state index in [9.17, 15) is 9.59 Å². The van der Waals surface area contributed by atoms with E-state index in [0.29, 0.717) is 11.6 Å². The summed E-state index contributed by atoms with van der Waals surface area (Å²) in [7, 11) is 0. The van der Waals surface area contributed by atoms with Gasteiger partial charge >= 0.3 is 0 Å². The zero-order valence-corrected chi connectivity index (χ0v) is 12.1. The summed E-state index contributed by atoms with van der Waals surface area (Å²) in [6.45, 7) is 2.46. The molecule has 1 N–H and O–H groups in total. The number of rotatable bonds is 2. The standard InChI is InChI=1S/C12H12BrClN2O2/c1-7-12(18)15-11(17)6-16(7)5-8-2-3-9(13)4-10(8)14/h2-4,7H,5-6H2,1H3,(H,15,17,18). The van der Waals surface area contributed by atoms with Crippen molar-refractivity contribution in [2.24, 2.45) is 0 Å². The van der Waals surface area contributed by atoms with Crippen LogP contribution >= 0.6 is 27.5 Å². The molecule has 2 rings (SSSR count). The number of carbonyl (C=O) groups is 2. The van der Waals surface area contributed by atoms with Crippen LogP contribution in [0.15, 0.2) is 22.7 Å². The molecule has 1 atom stereocenters. The Morgan fingerprint density at radius 3 is 2.89 bits per heavy atom. The smallest absolute Gasteiger partial charge is 0.243 e. The maximum atomic E-state index is 11.5. The number of benzene rings is 1. The van der Waals surface area contributed by atoms with E-state index >= 15 is 0 Å². The summed E-state index contributed by atoms with van der Waals surface area (Å²) in [6, 6.07) is 5.24. The van der Waals surface area contributed by atoms with E-state index in [-0.39, 0.29) is 24.4 Å². The molecule has 1 saturated heterocycles. The zero-order chi connectivity index (χ0) is 13.3. The molecule has 0 aromatic heterocycles. The molecule has 1 unspecified atom stereocenters. The first kappa shape index (κ1) is 13.5. The van der Waals surface area contributed by atoms with Crippen LogP contribution in [0.25, 0.3) is 0 Å². The van der Waals surface area contributed by atoms with Crippen molar-refractivity contribution in [1.82, 2.24) is 10.2 Å². The zero-order valence-electron chi connectivity index (χ0n) is 9.74. The van der Waals surface area contributed by atoms with Gasteiger partial charge in [0.2, 0.25) is 11.8 Å². The highest BCUT2D eigenvalue weighted by Gasteiger charge is 2.30. The van der Waals surface area contributed by atoms with E-state index in [1.807, 2.05) is 12.1 Å². The van der Waals surface area contributed by atoms with Crippen LogP contribution in [0.3, 0.4) is 0 Å². The first-order chi connectivity index (χ1) is 8.47. The second-order valence-electron chi connectivity index (χ2n) is 4.23. The molecule has 1 aliphatic rings. The highest BCUT2D eigenvalue weighted by molar-refractivity contribution is 9.10. The van der Waals surface area contributed by atoms with Crippen molar-refractivity contribution < 1.29 is 9.59 Å². The lowest BCUT2D eigenvalue weighted by Crippen LogP contribution is -2.56. The van der Waals surface area contributed by atoms with Crippen LogP contribution in [0.5, 0.6) is 0 Å². The van der Waals surface area contributed by atoms with Crippen LogP contribution in [0, 0.1) is 0 Å². The molecule has 4 nitrogen and oxygen atoms in total. The lowest BCUT2D eigenvalue weighted by molar-refractivity contribution is -0.139. The minimum Gasteiger partial charge on any atom is -0.294 e. The second-order valence-corrected chi connectivity index (χ2v) is 5.55. The van der Waals surface area contributed by atoms with Crippen LogP contribution in [0.2, 0.25) is 5.02 Å². The molecule has 1 heterocycles. The summed E-state index contributed by atoms with van der Waals surface area (Å²) in [4.78, 5) is 24.7. The molecule has 18 heavy (non-hydrogen) atoms. The number of hydrogen-bond donors (Lipinski definition) is 1. The molecule has 96 valence electrons. The number of piperazine rings is 1. The molecule has 2 amide bonds. The molecule has 1 fully saturated rings. The Labute approximate surface area is 118 Å². The number of carbonyl (C=O) groups excluding carboxylic acids is 2. The third kappa shape index (κ3) is 2.91. The van der Waals surface area contributed by atoms with Gasteiger partial charge in [0, 0.05) is 16.0 Å². The molecule has 0 radical (unpaired) electrons. The lowest BCUT2D eigenvalue weighted by Gasteiger charge is -2.31. The molecule has 1 aliphatic heterocycles. The maximum absolute atomic E-state index is 11.5. The minimum atomic E-state index is -0.331. The van der Waals surface area contributed by atoms with Crippen LogP contribution in [0.4, 0.5) is 0 Å². The Bertz CT molecular complexity index is 507. The Morgan fingerprint density at radius 1 is 1.50 bits per heavy atom. The highest BCUT2D eigenvalue weighted by Crippen LogP contribution is 2.23. The Hall–Kier alpha value is -0.910. The first-order valence-electron chi connectivity index (χ1n) is 5.49. The predicted octanol–water partition coefficient (Wildman–Crippen LogP) is 1.95. The van der Waals surface area contributed by atoms with Crippen LogP contribution in [0.1, 0.15) is 12.5 Å². The molecular formula is C12H12BrClN2O2. The molecule has 6 heteroatoms. The van der Waals surface area contributed by atoms with Crippen molar-refractivity contribution in [2.75, 3.05) is 6.54 Å². The van der Waals surface area contributed by atoms with Crippen molar-refractivity contribution in [3.8, 4) is 0 Å². The number of hydrogen-bond acceptors (Lipinski definition) is 3. The van der Waals surface area contributed by atoms with Gasteiger partial charge in [-0.3, -0.25) is 19.8 Å². The molecule has 0 spiro atoms. The average molecular weight is 332 g/mol. The lowest BCUT2D eigenvalue weighted by atomic mass is 10.1. The second kappa shape index (κ2) is 5.38. The fraction of sp³-hybridized carbons (Fsp3) is 0.333. The Morgan fingerprint density at radius 2 is 2.22 bits per heavy atom. The third-order valence-electron chi connectivity index (χ3n) is 2.93. The molecule has 0 saturated carbocycles.